The van der Waals surface area contributed by atoms with Crippen molar-refractivity contribution in [2.75, 3.05) is 52.9 Å². The molecule has 0 amide bonds. The van der Waals surface area contributed by atoms with E-state index in [1.807, 2.05) is 0 Å². The number of carboxylic acid groups (broad SMARTS) is 1. The molecule has 0 rings (SSSR count). The van der Waals surface area contributed by atoms with Crippen molar-refractivity contribution in [2.45, 2.75) is 368 Å². The van der Waals surface area contributed by atoms with Crippen LogP contribution in [0.25, 0.3) is 0 Å². The van der Waals surface area contributed by atoms with Gasteiger partial charge in [0.1, 0.15) is 52.4 Å². The van der Waals surface area contributed by atoms with E-state index in [0.29, 0.717) is 38.5 Å². The molecule has 4 unspecified atom stereocenters. The minimum atomic E-state index is -1.18. The Hall–Kier alpha value is -5.91. The minimum Gasteiger partial charge on any atom is -0.481 e. The first kappa shape index (κ1) is 98.3. The van der Waals surface area contributed by atoms with Crippen molar-refractivity contribution < 1.29 is 115 Å². The molecule has 0 radical (unpaired) electrons. The Bertz CT molecular complexity index is 1990. The van der Waals surface area contributed by atoms with E-state index in [-0.39, 0.29) is 110 Å². The van der Waals surface area contributed by atoms with Crippen LogP contribution < -0.4 is 0 Å². The molecule has 4 atom stereocenters. The molecule has 0 heterocycles. The zero-order chi connectivity index (χ0) is 74.9. The van der Waals surface area contributed by atoms with Gasteiger partial charge in [-0.25, -0.2) is 0 Å². The highest BCUT2D eigenvalue weighted by Gasteiger charge is 2.24. The summed E-state index contributed by atoms with van der Waals surface area (Å²) in [6.45, 7) is 12.2. The van der Waals surface area contributed by atoms with Gasteiger partial charge in [-0.1, -0.05) is 228 Å². The lowest BCUT2D eigenvalue weighted by molar-refractivity contribution is -0.168. The van der Waals surface area contributed by atoms with Gasteiger partial charge < -0.3 is 62.7 Å². The number of unbranched alkanes of at least 4 members (excludes halogenated alkanes) is 28. The first-order chi connectivity index (χ1) is 48.2. The molecule has 0 aromatic carbocycles. The number of aliphatic carboxylic acids is 1. The first-order valence-corrected chi connectivity index (χ1v) is 38.4. The minimum absolute atomic E-state index is 0.207. The second kappa shape index (κ2) is 74.3. The SMILES string of the molecule is CCCCCCCC(=O)O.CCCCCCCC(=O)OCC(COC(=O)CCC(=O)OCC(COC(=O)CCCCCCC)OC(=O)CCCCCCC)OC(=O)CCCCCCC.CCCCCCCC(=O)OCC(COC(=O)CCC(=O)OCC(O)CO)OC(=O)CCCCCCC. The van der Waals surface area contributed by atoms with E-state index < -0.39 is 96.7 Å². The van der Waals surface area contributed by atoms with Crippen LogP contribution in [0.3, 0.4) is 0 Å². The molecule has 0 saturated carbocycles. The Morgan fingerprint density at radius 2 is 0.400 bits per heavy atom. The van der Waals surface area contributed by atoms with E-state index in [4.69, 9.17) is 62.7 Å². The summed E-state index contributed by atoms with van der Waals surface area (Å²) in [7, 11) is 0. The van der Waals surface area contributed by atoms with E-state index in [1.54, 1.807) is 0 Å². The number of ether oxygens (including phenoxy) is 10. The van der Waals surface area contributed by atoms with Crippen molar-refractivity contribution in [1.82, 2.24) is 0 Å². The highest BCUT2D eigenvalue weighted by atomic mass is 16.6. The van der Waals surface area contributed by atoms with Gasteiger partial charge in [0.2, 0.25) is 0 Å². The average molecular weight is 1430 g/mol. The quantitative estimate of drug-likeness (QED) is 0.0289. The number of carbonyl (C=O) groups is 11. The first-order valence-electron chi connectivity index (χ1n) is 38.4. The lowest BCUT2D eigenvalue weighted by atomic mass is 10.1. The maximum atomic E-state index is 12.5. The van der Waals surface area contributed by atoms with Gasteiger partial charge in [0.15, 0.2) is 18.3 Å². The predicted octanol–water partition coefficient (Wildman–Crippen LogP) is 15.0. The maximum absolute atomic E-state index is 12.5. The lowest BCUT2D eigenvalue weighted by Gasteiger charge is -2.19. The van der Waals surface area contributed by atoms with Crippen molar-refractivity contribution in [2.24, 2.45) is 0 Å². The Morgan fingerprint density at radius 3 is 0.590 bits per heavy atom. The molecule has 0 bridgehead atoms. The number of hydrogen-bond donors (Lipinski definition) is 3. The number of carbonyl (C=O) groups excluding carboxylic acids is 10. The molecule has 0 saturated heterocycles. The third kappa shape index (κ3) is 73.3. The molecular weight excluding hydrogens is 1300 g/mol. The normalized spacial score (nSPS) is 11.9. The highest BCUT2D eigenvalue weighted by molar-refractivity contribution is 5.78. The average Bonchev–Trinajstić information content (AvgIpc) is 1.05. The zero-order valence-electron chi connectivity index (χ0n) is 62.9. The van der Waals surface area contributed by atoms with Gasteiger partial charge in [-0.2, -0.15) is 0 Å². The second-order valence-electron chi connectivity index (χ2n) is 25.5. The molecule has 0 spiro atoms. The molecule has 0 aliphatic carbocycles. The molecule has 24 heteroatoms. The van der Waals surface area contributed by atoms with Gasteiger partial charge in [-0.3, -0.25) is 52.7 Å². The van der Waals surface area contributed by atoms with Crippen molar-refractivity contribution in [3.05, 3.63) is 0 Å². The number of hydrogen-bond acceptors (Lipinski definition) is 23. The summed E-state index contributed by atoms with van der Waals surface area (Å²) >= 11 is 0. The number of aliphatic hydroxyl groups is 2. The number of aliphatic hydroxyl groups excluding tert-OH is 2. The molecule has 0 aliphatic heterocycles. The molecule has 0 fully saturated rings. The van der Waals surface area contributed by atoms with Crippen LogP contribution in [0.4, 0.5) is 0 Å². The third-order valence-electron chi connectivity index (χ3n) is 15.6. The molecule has 3 N–H and O–H groups in total. The summed E-state index contributed by atoms with van der Waals surface area (Å²) in [5.74, 6) is -6.15. The number of esters is 10. The largest absolute Gasteiger partial charge is 0.481 e. The smallest absolute Gasteiger partial charge is 0.306 e. The van der Waals surface area contributed by atoms with Crippen molar-refractivity contribution >= 4 is 65.7 Å². The van der Waals surface area contributed by atoms with Gasteiger partial charge in [0.25, 0.3) is 0 Å². The van der Waals surface area contributed by atoms with Crippen LogP contribution in [0.15, 0.2) is 0 Å². The fourth-order valence-corrected chi connectivity index (χ4v) is 9.47. The van der Waals surface area contributed by atoms with Crippen LogP contribution >= 0.6 is 0 Å². The summed E-state index contributed by atoms with van der Waals surface area (Å²) in [5.41, 5.74) is 0. The van der Waals surface area contributed by atoms with E-state index in [0.717, 1.165) is 173 Å². The molecule has 0 aromatic rings. The van der Waals surface area contributed by atoms with Gasteiger partial charge >= 0.3 is 65.7 Å². The third-order valence-corrected chi connectivity index (χ3v) is 15.6. The fourth-order valence-electron chi connectivity index (χ4n) is 9.47. The lowest BCUT2D eigenvalue weighted by Crippen LogP contribution is -2.31. The van der Waals surface area contributed by atoms with Crippen molar-refractivity contribution in [1.29, 1.82) is 0 Å². The summed E-state index contributed by atoms with van der Waals surface area (Å²) in [5, 5.41) is 26.1. The van der Waals surface area contributed by atoms with E-state index in [2.05, 4.69) is 48.5 Å². The monoisotopic (exact) mass is 1430 g/mol. The van der Waals surface area contributed by atoms with Crippen molar-refractivity contribution in [3.8, 4) is 0 Å². The second-order valence-corrected chi connectivity index (χ2v) is 25.5. The van der Waals surface area contributed by atoms with Crippen LogP contribution in [0.5, 0.6) is 0 Å². The molecular formula is C76H136O24. The number of carboxylic acids is 1. The Kier molecular flexibility index (Phi) is 73.0. The number of rotatable bonds is 66. The van der Waals surface area contributed by atoms with Gasteiger partial charge in [0, 0.05) is 44.9 Å². The van der Waals surface area contributed by atoms with Crippen LogP contribution in [0.1, 0.15) is 344 Å². The molecule has 0 aliphatic rings. The van der Waals surface area contributed by atoms with E-state index in [1.165, 1.54) is 19.3 Å². The maximum Gasteiger partial charge on any atom is 0.306 e. The van der Waals surface area contributed by atoms with Crippen LogP contribution in [0.2, 0.25) is 0 Å². The zero-order valence-corrected chi connectivity index (χ0v) is 62.9. The molecule has 584 valence electrons. The summed E-state index contributed by atoms with van der Waals surface area (Å²) in [4.78, 5) is 132. The molecule has 0 aromatic heterocycles. The van der Waals surface area contributed by atoms with Crippen LogP contribution in [-0.4, -0.2) is 158 Å². The van der Waals surface area contributed by atoms with Crippen LogP contribution in [0, 0.1) is 0 Å². The van der Waals surface area contributed by atoms with E-state index >= 15 is 0 Å². The predicted molar refractivity (Wildman–Crippen MR) is 379 cm³/mol. The van der Waals surface area contributed by atoms with Gasteiger partial charge in [-0.15, -0.1) is 0 Å². The standard InChI is InChI=1S/C42H74O12.C26H46O10.C8H16O2/c1-5-9-13-17-21-25-37(43)49-31-35(53-41(47)27-23-19-15-11-7-3)33-51-39(45)29-30-40(46)52-34-36(54-42(48)28-24-20-16-12-8-4)32-50-38(44)26-22-18-14-10-6-2;1-3-5-7-9-11-13-23(29)34-19-22(36-26(32)14-12-10-8-6-4-2)20-35-25(31)16-15-24(30)33-18-21(28)17-27;1-2-3-4-5-6-7-8(9)10/h35-36H,5-34H2,1-4H3;21-22,27-28H,3-20H2,1-2H3;2-7H2,1H3,(H,9,10). The topological polar surface area (TPSA) is 341 Å². The van der Waals surface area contributed by atoms with Crippen molar-refractivity contribution in [3.63, 3.8) is 0 Å². The summed E-state index contributed by atoms with van der Waals surface area (Å²) in [6, 6.07) is 0. The Morgan fingerprint density at radius 1 is 0.230 bits per heavy atom. The molecule has 24 nitrogen and oxygen atoms in total. The Balaban J connectivity index is -0.00000175. The van der Waals surface area contributed by atoms with E-state index in [9.17, 15) is 52.7 Å². The van der Waals surface area contributed by atoms with Gasteiger partial charge in [-0.05, 0) is 44.9 Å². The fraction of sp³-hybridized carbons (Fsp3) is 0.855. The molecule has 100 heavy (non-hydrogen) atoms. The summed E-state index contributed by atoms with van der Waals surface area (Å²) < 4.78 is 52.7. The van der Waals surface area contributed by atoms with Crippen LogP contribution in [-0.2, 0) is 100 Å². The highest BCUT2D eigenvalue weighted by Crippen LogP contribution is 2.15. The summed E-state index contributed by atoms with van der Waals surface area (Å²) in [6.07, 6.45) is 31.3. The Labute approximate surface area is 599 Å². The van der Waals surface area contributed by atoms with Gasteiger partial charge in [0.05, 0.1) is 32.3 Å².